The molecule has 0 radical (unpaired) electrons. The second-order valence-electron chi connectivity index (χ2n) is 8.85. The number of para-hydroxylation sites is 1. The van der Waals surface area contributed by atoms with Gasteiger partial charge in [0.05, 0.1) is 24.4 Å². The number of fused-ring (bicyclic) bond motifs is 3. The molecule has 0 N–H and O–H groups in total. The molecule has 0 saturated carbocycles. The molecule has 0 saturated heterocycles. The number of nitrogens with zero attached hydrogens (tertiary/aromatic N) is 2. The molecule has 7 heteroatoms. The van der Waals surface area contributed by atoms with Crippen molar-refractivity contribution in [1.29, 1.82) is 0 Å². The molecule has 4 aromatic carbocycles. The van der Waals surface area contributed by atoms with E-state index in [1.165, 1.54) is 0 Å². The van der Waals surface area contributed by atoms with E-state index in [0.29, 0.717) is 11.3 Å². The third-order valence-electron chi connectivity index (χ3n) is 6.58. The lowest BCUT2D eigenvalue weighted by Gasteiger charge is -2.38. The minimum atomic E-state index is -0.410. The number of esters is 1. The highest BCUT2D eigenvalue weighted by molar-refractivity contribution is 9.10. The second-order valence-corrected chi connectivity index (χ2v) is 9.76. The van der Waals surface area contributed by atoms with Crippen LogP contribution in [0, 0.1) is 0 Å². The fourth-order valence-corrected chi connectivity index (χ4v) is 4.93. The van der Waals surface area contributed by atoms with Crippen molar-refractivity contribution in [2.45, 2.75) is 18.7 Å². The summed E-state index contributed by atoms with van der Waals surface area (Å²) in [6, 6.07) is 30.6. The van der Waals surface area contributed by atoms with Crippen molar-refractivity contribution < 1.29 is 19.0 Å². The van der Waals surface area contributed by atoms with Crippen molar-refractivity contribution in [2.75, 3.05) is 7.11 Å². The Morgan fingerprint density at radius 3 is 2.35 bits per heavy atom. The topological polar surface area (TPSA) is 60.4 Å². The molecular formula is C30H23BrN2O4. The molecule has 2 heterocycles. The van der Waals surface area contributed by atoms with Crippen LogP contribution in [0.3, 0.4) is 0 Å². The summed E-state index contributed by atoms with van der Waals surface area (Å²) in [5.74, 6) is 1.72. The molecule has 6 rings (SSSR count). The normalized spacial score (nSPS) is 17.8. The second kappa shape index (κ2) is 9.75. The van der Waals surface area contributed by atoms with Gasteiger partial charge in [-0.15, -0.1) is 0 Å². The van der Waals surface area contributed by atoms with Gasteiger partial charge in [0.2, 0.25) is 6.23 Å². The van der Waals surface area contributed by atoms with Gasteiger partial charge >= 0.3 is 5.97 Å². The number of halogens is 1. The maximum Gasteiger partial charge on any atom is 0.343 e. The van der Waals surface area contributed by atoms with E-state index in [2.05, 4.69) is 22.0 Å². The molecule has 0 aromatic heterocycles. The molecule has 0 fully saturated rings. The minimum absolute atomic E-state index is 0.0574. The van der Waals surface area contributed by atoms with Gasteiger partial charge in [-0.25, -0.2) is 9.80 Å². The summed E-state index contributed by atoms with van der Waals surface area (Å²) in [4.78, 5) is 12.5. The van der Waals surface area contributed by atoms with Gasteiger partial charge in [-0.2, -0.15) is 5.10 Å². The predicted molar refractivity (Wildman–Crippen MR) is 144 cm³/mol. The quantitative estimate of drug-likeness (QED) is 0.198. The zero-order valence-electron chi connectivity index (χ0n) is 20.0. The van der Waals surface area contributed by atoms with Gasteiger partial charge in [-0.1, -0.05) is 34.1 Å². The van der Waals surface area contributed by atoms with E-state index in [4.69, 9.17) is 19.3 Å². The fourth-order valence-electron chi connectivity index (χ4n) is 4.66. The summed E-state index contributed by atoms with van der Waals surface area (Å²) in [7, 11) is 1.66. The molecule has 0 aliphatic carbocycles. The third-order valence-corrected chi connectivity index (χ3v) is 7.11. The molecule has 184 valence electrons. The molecular weight excluding hydrogens is 532 g/mol. The lowest BCUT2D eigenvalue weighted by atomic mass is 9.96. The molecule has 0 spiro atoms. The minimum Gasteiger partial charge on any atom is -0.497 e. The Morgan fingerprint density at radius 2 is 1.62 bits per heavy atom. The molecule has 2 atom stereocenters. The van der Waals surface area contributed by atoms with Gasteiger partial charge in [-0.05, 0) is 84.4 Å². The number of hydrazone groups is 1. The van der Waals surface area contributed by atoms with E-state index >= 15 is 0 Å². The first-order valence-corrected chi connectivity index (χ1v) is 12.7. The van der Waals surface area contributed by atoms with E-state index < -0.39 is 12.2 Å². The Labute approximate surface area is 223 Å². The lowest BCUT2D eigenvalue weighted by molar-refractivity contribution is -0.0190. The van der Waals surface area contributed by atoms with Gasteiger partial charge in [0.1, 0.15) is 17.2 Å². The average molecular weight is 555 g/mol. The van der Waals surface area contributed by atoms with Gasteiger partial charge in [0.25, 0.3) is 0 Å². The Bertz CT molecular complexity index is 1470. The molecule has 37 heavy (non-hydrogen) atoms. The monoisotopic (exact) mass is 554 g/mol. The van der Waals surface area contributed by atoms with Crippen LogP contribution in [0.25, 0.3) is 0 Å². The Kier molecular flexibility index (Phi) is 6.14. The van der Waals surface area contributed by atoms with Crippen molar-refractivity contribution in [2.24, 2.45) is 5.10 Å². The van der Waals surface area contributed by atoms with Crippen LogP contribution in [0.15, 0.2) is 107 Å². The van der Waals surface area contributed by atoms with Crippen molar-refractivity contribution in [3.8, 4) is 17.2 Å². The molecule has 0 amide bonds. The first-order chi connectivity index (χ1) is 18.1. The molecule has 4 aromatic rings. The number of hydrogen-bond donors (Lipinski definition) is 0. The summed E-state index contributed by atoms with van der Waals surface area (Å²) in [6.07, 6.45) is 0.360. The van der Waals surface area contributed by atoms with Gasteiger partial charge < -0.3 is 14.2 Å². The highest BCUT2D eigenvalue weighted by Gasteiger charge is 2.40. The van der Waals surface area contributed by atoms with Crippen LogP contribution in [0.2, 0.25) is 0 Å². The van der Waals surface area contributed by atoms with E-state index in [-0.39, 0.29) is 6.04 Å². The number of benzene rings is 4. The van der Waals surface area contributed by atoms with Gasteiger partial charge in [0.15, 0.2) is 0 Å². The maximum atomic E-state index is 12.5. The smallest absolute Gasteiger partial charge is 0.343 e. The van der Waals surface area contributed by atoms with Crippen molar-refractivity contribution >= 4 is 27.6 Å². The molecule has 2 unspecified atom stereocenters. The number of carbonyl (C=O) groups is 1. The number of ether oxygens (including phenoxy) is 3. The van der Waals surface area contributed by atoms with Crippen LogP contribution >= 0.6 is 15.9 Å². The summed E-state index contributed by atoms with van der Waals surface area (Å²) in [6.45, 7) is 0. The number of rotatable bonds is 5. The van der Waals surface area contributed by atoms with Crippen LogP contribution < -0.4 is 14.2 Å². The predicted octanol–water partition coefficient (Wildman–Crippen LogP) is 6.92. The molecule has 0 bridgehead atoms. The Hall–Kier alpha value is -4.10. The first-order valence-electron chi connectivity index (χ1n) is 11.9. The first kappa shape index (κ1) is 23.3. The summed E-state index contributed by atoms with van der Waals surface area (Å²) < 4.78 is 18.2. The van der Waals surface area contributed by atoms with E-state index in [9.17, 15) is 4.79 Å². The fraction of sp³-hybridized carbons (Fsp3) is 0.133. The highest BCUT2D eigenvalue weighted by atomic mass is 79.9. The highest BCUT2D eigenvalue weighted by Crippen LogP contribution is 2.47. The zero-order chi connectivity index (χ0) is 25.4. The van der Waals surface area contributed by atoms with Gasteiger partial charge in [0, 0.05) is 22.0 Å². The largest absolute Gasteiger partial charge is 0.497 e. The SMILES string of the molecule is COc1ccc(C2=NN3C(C2)c2ccccc2OC3c2ccc(OC(=O)c3ccc(Br)cc3)cc2)cc1. The van der Waals surface area contributed by atoms with E-state index in [1.54, 1.807) is 31.4 Å². The van der Waals surface area contributed by atoms with Crippen molar-refractivity contribution in [3.63, 3.8) is 0 Å². The standard InChI is InChI=1S/C30H23BrN2O4/c1-35-23-14-8-19(9-15-23)26-18-27-25-4-2-3-5-28(25)37-29(33(27)32-26)20-10-16-24(17-11-20)36-30(34)21-6-12-22(31)13-7-21/h2-17,27,29H,18H2,1H3. The van der Waals surface area contributed by atoms with E-state index in [1.807, 2.05) is 71.7 Å². The Morgan fingerprint density at radius 1 is 0.919 bits per heavy atom. The average Bonchev–Trinajstić information content (AvgIpc) is 3.39. The molecule has 2 aliphatic rings. The van der Waals surface area contributed by atoms with Crippen molar-refractivity contribution in [1.82, 2.24) is 5.01 Å². The number of carbonyl (C=O) groups excluding carboxylic acids is 1. The zero-order valence-corrected chi connectivity index (χ0v) is 21.6. The van der Waals surface area contributed by atoms with Crippen LogP contribution in [0.4, 0.5) is 0 Å². The summed E-state index contributed by atoms with van der Waals surface area (Å²) >= 11 is 3.38. The lowest BCUT2D eigenvalue weighted by Crippen LogP contribution is -2.33. The summed E-state index contributed by atoms with van der Waals surface area (Å²) in [5, 5.41) is 7.04. The molecule has 2 aliphatic heterocycles. The van der Waals surface area contributed by atoms with Crippen LogP contribution in [0.1, 0.15) is 45.7 Å². The van der Waals surface area contributed by atoms with E-state index in [0.717, 1.165) is 44.8 Å². The maximum absolute atomic E-state index is 12.5. The number of hydrogen-bond acceptors (Lipinski definition) is 6. The Balaban J connectivity index is 1.27. The number of methoxy groups -OCH3 is 1. The summed E-state index contributed by atoms with van der Waals surface area (Å²) in [5.41, 5.74) is 4.58. The van der Waals surface area contributed by atoms with Crippen LogP contribution in [-0.4, -0.2) is 23.8 Å². The van der Waals surface area contributed by atoms with Gasteiger partial charge in [-0.3, -0.25) is 0 Å². The van der Waals surface area contributed by atoms with Crippen molar-refractivity contribution in [3.05, 3.63) is 124 Å². The van der Waals surface area contributed by atoms with Crippen LogP contribution in [-0.2, 0) is 0 Å². The molecule has 6 nitrogen and oxygen atoms in total. The third kappa shape index (κ3) is 4.58. The van der Waals surface area contributed by atoms with Crippen LogP contribution in [0.5, 0.6) is 17.2 Å².